The molecule has 1 amide bonds. The van der Waals surface area contributed by atoms with Crippen molar-refractivity contribution >= 4 is 17.8 Å². The number of amides is 1. The van der Waals surface area contributed by atoms with E-state index in [-0.39, 0.29) is 11.9 Å². The van der Waals surface area contributed by atoms with E-state index in [2.05, 4.69) is 9.98 Å². The Labute approximate surface area is 70.2 Å². The Morgan fingerprint density at radius 3 is 3.17 bits per heavy atom. The van der Waals surface area contributed by atoms with Gasteiger partial charge in [-0.2, -0.15) is 0 Å². The second-order valence-electron chi connectivity index (χ2n) is 2.83. The highest BCUT2D eigenvalue weighted by molar-refractivity contribution is 6.32. The molecule has 60 valence electrons. The lowest BCUT2D eigenvalue weighted by molar-refractivity contribution is -0.111. The van der Waals surface area contributed by atoms with Gasteiger partial charge < -0.3 is 0 Å². The van der Waals surface area contributed by atoms with Crippen LogP contribution < -0.4 is 0 Å². The third-order valence-corrected chi connectivity index (χ3v) is 1.91. The summed E-state index contributed by atoms with van der Waals surface area (Å²) in [4.78, 5) is 18.8. The van der Waals surface area contributed by atoms with Crippen LogP contribution in [0.3, 0.4) is 0 Å². The number of aliphatic imine (C=N–C) groups is 2. The van der Waals surface area contributed by atoms with Crippen molar-refractivity contribution in [2.75, 3.05) is 0 Å². The first-order chi connectivity index (χ1) is 5.77. The van der Waals surface area contributed by atoms with Crippen molar-refractivity contribution in [1.29, 1.82) is 0 Å². The molecule has 3 heteroatoms. The van der Waals surface area contributed by atoms with Gasteiger partial charge in [0.1, 0.15) is 6.04 Å². The number of carbonyl (C=O) groups excluding carboxylic acids is 1. The van der Waals surface area contributed by atoms with E-state index in [1.807, 2.05) is 25.2 Å². The van der Waals surface area contributed by atoms with Crippen molar-refractivity contribution < 1.29 is 4.79 Å². The molecule has 1 atom stereocenters. The maximum atomic E-state index is 10.8. The topological polar surface area (TPSA) is 41.8 Å². The Morgan fingerprint density at radius 1 is 1.50 bits per heavy atom. The number of hydrogen-bond donors (Lipinski definition) is 0. The van der Waals surface area contributed by atoms with E-state index in [9.17, 15) is 4.79 Å². The minimum atomic E-state index is -0.263. The molecule has 0 radical (unpaired) electrons. The van der Waals surface area contributed by atoms with Gasteiger partial charge in [0, 0.05) is 0 Å². The summed E-state index contributed by atoms with van der Waals surface area (Å²) in [6.07, 6.45) is 6.98. The lowest BCUT2D eigenvalue weighted by Gasteiger charge is -2.18. The zero-order chi connectivity index (χ0) is 8.55. The molecule has 0 saturated carbocycles. The van der Waals surface area contributed by atoms with Gasteiger partial charge in [-0.15, -0.1) is 0 Å². The smallest absolute Gasteiger partial charge is 0.273 e. The first-order valence-corrected chi connectivity index (χ1v) is 3.78. The van der Waals surface area contributed by atoms with Gasteiger partial charge in [0.05, 0.1) is 11.9 Å². The van der Waals surface area contributed by atoms with Crippen LogP contribution in [-0.2, 0) is 4.79 Å². The molecule has 1 aliphatic heterocycles. The molecule has 2 rings (SSSR count). The summed E-state index contributed by atoms with van der Waals surface area (Å²) in [6, 6.07) is -0.0206. The van der Waals surface area contributed by atoms with Gasteiger partial charge in [-0.1, -0.05) is 12.2 Å². The summed E-state index contributed by atoms with van der Waals surface area (Å²) in [6.45, 7) is 1.98. The largest absolute Gasteiger partial charge is 0.288 e. The van der Waals surface area contributed by atoms with Crippen LogP contribution in [0.25, 0.3) is 0 Å². The van der Waals surface area contributed by atoms with Crippen molar-refractivity contribution in [1.82, 2.24) is 0 Å². The summed E-state index contributed by atoms with van der Waals surface area (Å²) in [5.74, 6) is -0.263. The summed E-state index contributed by atoms with van der Waals surface area (Å²) >= 11 is 0. The fraction of sp³-hybridized carbons (Fsp3) is 0.222. The Morgan fingerprint density at radius 2 is 2.33 bits per heavy atom. The summed E-state index contributed by atoms with van der Waals surface area (Å²) in [5.41, 5.74) is 1.88. The van der Waals surface area contributed by atoms with Crippen LogP contribution >= 0.6 is 0 Å². The van der Waals surface area contributed by atoms with Crippen LogP contribution in [0.4, 0.5) is 0 Å². The number of carbonyl (C=O) groups is 1. The van der Waals surface area contributed by atoms with E-state index in [0.717, 1.165) is 11.3 Å². The minimum Gasteiger partial charge on any atom is -0.273 e. The molecule has 0 bridgehead atoms. The average Bonchev–Trinajstić information content (AvgIpc) is 2.04. The first kappa shape index (κ1) is 7.16. The van der Waals surface area contributed by atoms with Crippen LogP contribution in [0, 0.1) is 0 Å². The molecule has 0 aromatic heterocycles. The fourth-order valence-corrected chi connectivity index (χ4v) is 1.30. The molecule has 0 saturated heterocycles. The van der Waals surface area contributed by atoms with Crippen molar-refractivity contribution in [3.8, 4) is 0 Å². The highest BCUT2D eigenvalue weighted by Crippen LogP contribution is 2.16. The standard InChI is InChI=1S/C9H8N2O/c1-6-3-2-4-7-9(6)10-5-8(12)11-7/h2-5,9H,1H3. The molecule has 1 aliphatic carbocycles. The summed E-state index contributed by atoms with van der Waals surface area (Å²) in [5, 5.41) is 0. The van der Waals surface area contributed by atoms with Crippen LogP contribution in [0.15, 0.2) is 33.8 Å². The monoisotopic (exact) mass is 160 g/mol. The van der Waals surface area contributed by atoms with Crippen molar-refractivity contribution in [3.63, 3.8) is 0 Å². The Bertz CT molecular complexity index is 348. The third kappa shape index (κ3) is 1.03. The summed E-state index contributed by atoms with van der Waals surface area (Å²) in [7, 11) is 0. The maximum absolute atomic E-state index is 10.8. The van der Waals surface area contributed by atoms with Gasteiger partial charge in [-0.25, -0.2) is 4.99 Å². The number of rotatable bonds is 0. The average molecular weight is 160 g/mol. The molecule has 3 nitrogen and oxygen atoms in total. The van der Waals surface area contributed by atoms with Crippen molar-refractivity contribution in [2.45, 2.75) is 13.0 Å². The molecule has 2 aliphatic rings. The van der Waals surface area contributed by atoms with E-state index >= 15 is 0 Å². The zero-order valence-electron chi connectivity index (χ0n) is 6.69. The quantitative estimate of drug-likeness (QED) is 0.519. The van der Waals surface area contributed by atoms with Gasteiger partial charge in [-0.05, 0) is 18.6 Å². The van der Waals surface area contributed by atoms with Gasteiger partial charge in [0.25, 0.3) is 5.91 Å². The van der Waals surface area contributed by atoms with Crippen LogP contribution in [0.1, 0.15) is 6.92 Å². The molecule has 0 fully saturated rings. The Hall–Kier alpha value is -1.51. The van der Waals surface area contributed by atoms with Gasteiger partial charge in [-0.3, -0.25) is 9.79 Å². The van der Waals surface area contributed by atoms with Crippen LogP contribution in [0.5, 0.6) is 0 Å². The van der Waals surface area contributed by atoms with Crippen LogP contribution in [0.2, 0.25) is 0 Å². The first-order valence-electron chi connectivity index (χ1n) is 3.78. The molecule has 0 N–H and O–H groups in total. The van der Waals surface area contributed by atoms with Crippen LogP contribution in [-0.4, -0.2) is 23.9 Å². The summed E-state index contributed by atoms with van der Waals surface area (Å²) < 4.78 is 0. The molecule has 1 unspecified atom stereocenters. The highest BCUT2D eigenvalue weighted by Gasteiger charge is 2.20. The molecule has 1 heterocycles. The normalized spacial score (nSPS) is 26.4. The van der Waals surface area contributed by atoms with Gasteiger partial charge in [0.15, 0.2) is 0 Å². The molecule has 0 spiro atoms. The number of hydrogen-bond acceptors (Lipinski definition) is 2. The van der Waals surface area contributed by atoms with Gasteiger partial charge >= 0.3 is 0 Å². The lowest BCUT2D eigenvalue weighted by Crippen LogP contribution is -2.26. The minimum absolute atomic E-state index is 0.0206. The second kappa shape index (κ2) is 2.52. The maximum Gasteiger partial charge on any atom is 0.288 e. The van der Waals surface area contributed by atoms with E-state index in [1.165, 1.54) is 6.21 Å². The van der Waals surface area contributed by atoms with Gasteiger partial charge in [0.2, 0.25) is 0 Å². The predicted octanol–water partition coefficient (Wildman–Crippen LogP) is 0.923. The Kier molecular flexibility index (Phi) is 1.50. The number of nitrogens with zero attached hydrogens (tertiary/aromatic N) is 2. The molecule has 12 heavy (non-hydrogen) atoms. The van der Waals surface area contributed by atoms with E-state index < -0.39 is 0 Å². The SMILES string of the molecule is CC1=CC=CC2=NC(=O)C=NC12. The van der Waals surface area contributed by atoms with E-state index in [4.69, 9.17) is 0 Å². The number of allylic oxidation sites excluding steroid dienone is 2. The van der Waals surface area contributed by atoms with Crippen molar-refractivity contribution in [2.24, 2.45) is 9.98 Å². The fourth-order valence-electron chi connectivity index (χ4n) is 1.30. The highest BCUT2D eigenvalue weighted by atomic mass is 16.1. The molecule has 0 aromatic carbocycles. The molecular weight excluding hydrogens is 152 g/mol. The van der Waals surface area contributed by atoms with E-state index in [0.29, 0.717) is 0 Å². The van der Waals surface area contributed by atoms with Crippen molar-refractivity contribution in [3.05, 3.63) is 23.8 Å². The predicted molar refractivity (Wildman–Crippen MR) is 47.6 cm³/mol. The zero-order valence-corrected chi connectivity index (χ0v) is 6.69. The Balaban J connectivity index is 2.42. The third-order valence-electron chi connectivity index (χ3n) is 1.91. The molecule has 0 aromatic rings. The van der Waals surface area contributed by atoms with E-state index in [1.54, 1.807) is 0 Å². The number of fused-ring (bicyclic) bond motifs is 1. The lowest BCUT2D eigenvalue weighted by atomic mass is 9.98. The second-order valence-corrected chi connectivity index (χ2v) is 2.83. The molecular formula is C9H8N2O.